The molecular weight excluding hydrogens is 1040 g/mol. The molecule has 0 bridgehead atoms. The van der Waals surface area contributed by atoms with Crippen LogP contribution in [0.25, 0.3) is 31.9 Å². The van der Waals surface area contributed by atoms with Crippen molar-refractivity contribution in [2.24, 2.45) is 5.73 Å². The molecule has 0 saturated carbocycles. The summed E-state index contributed by atoms with van der Waals surface area (Å²) in [7, 11) is 3.05. The smallest absolute Gasteiger partial charge is 0.336 e. The number of carboxylic acids is 1. The van der Waals surface area contributed by atoms with Gasteiger partial charge in [-0.1, -0.05) is 13.8 Å². The summed E-state index contributed by atoms with van der Waals surface area (Å²) in [5.74, 6) is -0.0737. The van der Waals surface area contributed by atoms with Gasteiger partial charge in [-0.2, -0.15) is 0 Å². The van der Waals surface area contributed by atoms with Crippen LogP contribution < -0.4 is 31.6 Å². The van der Waals surface area contributed by atoms with E-state index in [1.807, 2.05) is 43.3 Å². The summed E-state index contributed by atoms with van der Waals surface area (Å²) in [4.78, 5) is 75.3. The highest BCUT2D eigenvalue weighted by Crippen LogP contribution is 2.35. The SMILES string of the molecule is CCN1CCN(C(C)c2c(C)c(C(=O)NCc3c(OC)cc(C)[nH]c3=O)cc3cc(-c4cncs4)cn23)CC1.CCN1CCN(C(C)c2c(C)c(C(=O)O)cc3cc(-c4cncs4)cn23)CC1.COc1cc(C)[nH]c(=O)c1CN. The number of methoxy groups -OCH3 is 2. The van der Waals surface area contributed by atoms with E-state index in [1.165, 1.54) is 14.2 Å². The van der Waals surface area contributed by atoms with Gasteiger partial charge in [-0.15, -0.1) is 22.7 Å². The van der Waals surface area contributed by atoms with Crippen LogP contribution in [0.15, 0.2) is 81.8 Å². The molecule has 2 aliphatic rings. The summed E-state index contributed by atoms with van der Waals surface area (Å²) >= 11 is 3.19. The second-order valence-corrected chi connectivity index (χ2v) is 21.8. The van der Waals surface area contributed by atoms with E-state index in [4.69, 9.17) is 15.2 Å². The van der Waals surface area contributed by atoms with Gasteiger partial charge in [0.15, 0.2) is 0 Å². The Labute approximate surface area is 468 Å². The van der Waals surface area contributed by atoms with E-state index in [1.54, 1.807) is 54.7 Å². The third-order valence-corrected chi connectivity index (χ3v) is 17.1. The topological polar surface area (TPSA) is 224 Å². The van der Waals surface area contributed by atoms with Gasteiger partial charge in [0.1, 0.15) is 11.5 Å². The minimum atomic E-state index is -0.871. The number of nitrogens with two attached hydrogens (primary N) is 1. The maximum atomic E-state index is 13.6. The zero-order valence-electron chi connectivity index (χ0n) is 46.9. The van der Waals surface area contributed by atoms with Gasteiger partial charge < -0.3 is 54.2 Å². The molecule has 10 heterocycles. The number of pyridine rings is 4. The molecule has 21 heteroatoms. The Morgan fingerprint density at radius 2 is 1.10 bits per heavy atom. The van der Waals surface area contributed by atoms with Gasteiger partial charge in [0.25, 0.3) is 17.0 Å². The van der Waals surface area contributed by atoms with Gasteiger partial charge in [0.2, 0.25) is 0 Å². The number of ether oxygens (including phenoxy) is 2. The van der Waals surface area contributed by atoms with Crippen LogP contribution in [-0.4, -0.2) is 145 Å². The van der Waals surface area contributed by atoms with Crippen molar-refractivity contribution < 1.29 is 24.2 Å². The van der Waals surface area contributed by atoms with Gasteiger partial charge in [0, 0.05) is 146 Å². The van der Waals surface area contributed by atoms with E-state index in [0.717, 1.165) is 126 Å². The number of nitrogens with zero attached hydrogens (tertiary/aromatic N) is 8. The number of fused-ring (bicyclic) bond motifs is 2. The third kappa shape index (κ3) is 12.9. The first-order valence-corrected chi connectivity index (χ1v) is 28.5. The van der Waals surface area contributed by atoms with Crippen molar-refractivity contribution in [2.45, 2.75) is 80.6 Å². The molecule has 2 saturated heterocycles. The second-order valence-electron chi connectivity index (χ2n) is 20.1. The first-order chi connectivity index (χ1) is 38.0. The molecule has 0 spiro atoms. The van der Waals surface area contributed by atoms with E-state index >= 15 is 0 Å². The lowest BCUT2D eigenvalue weighted by molar-refractivity contribution is 0.0694. The third-order valence-electron chi connectivity index (χ3n) is 15.4. The Morgan fingerprint density at radius 3 is 1.51 bits per heavy atom. The highest BCUT2D eigenvalue weighted by atomic mass is 32.1. The van der Waals surface area contributed by atoms with Gasteiger partial charge in [-0.05, 0) is 102 Å². The summed E-state index contributed by atoms with van der Waals surface area (Å²) in [5.41, 5.74) is 19.9. The Morgan fingerprint density at radius 1 is 0.671 bits per heavy atom. The normalized spacial score (nSPS) is 15.3. The minimum absolute atomic E-state index is 0.0687. The Balaban J connectivity index is 0.000000178. The number of rotatable bonds is 15. The Kier molecular flexibility index (Phi) is 19.0. The van der Waals surface area contributed by atoms with Gasteiger partial charge in [-0.3, -0.25) is 34.2 Å². The number of hydrogen-bond acceptors (Lipinski definition) is 15. The van der Waals surface area contributed by atoms with Crippen LogP contribution in [0.1, 0.15) is 106 Å². The number of piperazine rings is 2. The van der Waals surface area contributed by atoms with Crippen molar-refractivity contribution in [1.82, 2.24) is 53.7 Å². The first-order valence-electron chi connectivity index (χ1n) is 26.8. The van der Waals surface area contributed by atoms with Crippen LogP contribution in [0.2, 0.25) is 0 Å². The summed E-state index contributed by atoms with van der Waals surface area (Å²) in [6.07, 6.45) is 8.01. The van der Waals surface area contributed by atoms with Crippen molar-refractivity contribution in [1.29, 1.82) is 0 Å². The lowest BCUT2D eigenvalue weighted by atomic mass is 10.0. The summed E-state index contributed by atoms with van der Waals surface area (Å²) in [5, 5.41) is 12.7. The van der Waals surface area contributed by atoms with Crippen molar-refractivity contribution in [3.05, 3.63) is 149 Å². The number of amides is 1. The lowest BCUT2D eigenvalue weighted by Crippen LogP contribution is -2.47. The minimum Gasteiger partial charge on any atom is -0.496 e. The molecule has 2 aliphatic heterocycles. The Hall–Kier alpha value is -6.98. The molecule has 8 aromatic heterocycles. The number of likely N-dealkylation sites (N-methyl/N-ethyl adjacent to an activating group) is 2. The van der Waals surface area contributed by atoms with Gasteiger partial charge in [0.05, 0.1) is 58.2 Å². The fourth-order valence-corrected chi connectivity index (χ4v) is 12.1. The van der Waals surface area contributed by atoms with Crippen LogP contribution >= 0.6 is 22.7 Å². The number of aromatic carboxylic acids is 1. The molecule has 79 heavy (non-hydrogen) atoms. The van der Waals surface area contributed by atoms with Crippen LogP contribution in [0.3, 0.4) is 0 Å². The highest BCUT2D eigenvalue weighted by Gasteiger charge is 2.29. The van der Waals surface area contributed by atoms with E-state index in [9.17, 15) is 24.3 Å². The van der Waals surface area contributed by atoms with Crippen molar-refractivity contribution in [3.63, 3.8) is 0 Å². The molecular formula is C58H74N12O7S2. The molecule has 2 atom stereocenters. The summed E-state index contributed by atoms with van der Waals surface area (Å²) in [6, 6.07) is 11.7. The number of hydrogen-bond donors (Lipinski definition) is 5. The number of thiazole rings is 2. The van der Waals surface area contributed by atoms with Gasteiger partial charge in [-0.25, -0.2) is 4.79 Å². The number of H-pyrrole nitrogens is 2. The van der Waals surface area contributed by atoms with Crippen molar-refractivity contribution >= 4 is 45.6 Å². The molecule has 1 amide bonds. The Bertz CT molecular complexity index is 3510. The lowest BCUT2D eigenvalue weighted by Gasteiger charge is -2.38. The molecule has 6 N–H and O–H groups in total. The fraction of sp³-hybridized carbons (Fsp3) is 0.414. The molecule has 2 fully saturated rings. The molecule has 8 aromatic rings. The zero-order valence-corrected chi connectivity index (χ0v) is 48.6. The number of aromatic amines is 2. The van der Waals surface area contributed by atoms with Crippen LogP contribution in [0, 0.1) is 27.7 Å². The van der Waals surface area contributed by atoms with Crippen molar-refractivity contribution in [2.75, 3.05) is 79.7 Å². The molecule has 420 valence electrons. The maximum absolute atomic E-state index is 13.6. The number of aryl methyl sites for hydroxylation is 2. The van der Waals surface area contributed by atoms with E-state index in [-0.39, 0.29) is 42.2 Å². The summed E-state index contributed by atoms with van der Waals surface area (Å²) < 4.78 is 14.8. The standard InChI is InChI=1S/C29H36N6O3S.C21H26N4O2S.C8H12N2O2/c1-6-33-7-9-34(10-8-33)20(4)27-19(3)23(13-22-12-21(16-35(22)27)26-15-30-17-39-26)28(36)31-14-24-25(38-5)11-18(2)32-29(24)37;1-4-23-5-7-24(8-6-23)15(3)20-14(2)18(21(26)27)10-17-9-16(12-25(17)20)19-11-22-13-28-19;1-5-3-7(12-2)6(4-9)8(11)10-5/h11-13,15-17,20H,6-10,14H2,1-5H3,(H,31,36)(H,32,37);9-13,15H,4-8H2,1-3H3,(H,26,27);3H,4,9H2,1-2H3,(H,10,11). The van der Waals surface area contributed by atoms with E-state index < -0.39 is 5.97 Å². The number of nitrogens with one attached hydrogen (secondary N) is 3. The van der Waals surface area contributed by atoms with E-state index in [2.05, 4.69) is 106 Å². The molecule has 0 radical (unpaired) electrons. The van der Waals surface area contributed by atoms with Crippen molar-refractivity contribution in [3.8, 4) is 32.4 Å². The van der Waals surface area contributed by atoms with Gasteiger partial charge >= 0.3 is 5.97 Å². The van der Waals surface area contributed by atoms with Crippen LogP contribution in [0.4, 0.5) is 0 Å². The molecule has 2 unspecified atom stereocenters. The largest absolute Gasteiger partial charge is 0.496 e. The predicted molar refractivity (Wildman–Crippen MR) is 313 cm³/mol. The monoisotopic (exact) mass is 1110 g/mol. The molecule has 19 nitrogen and oxygen atoms in total. The molecule has 10 rings (SSSR count). The molecule has 0 aliphatic carbocycles. The predicted octanol–water partition coefficient (Wildman–Crippen LogP) is 7.92. The number of aromatic nitrogens is 6. The highest BCUT2D eigenvalue weighted by molar-refractivity contribution is 7.13. The molecule has 0 aromatic carbocycles. The van der Waals surface area contributed by atoms with Crippen LogP contribution in [0.5, 0.6) is 11.5 Å². The van der Waals surface area contributed by atoms with Crippen LogP contribution in [-0.2, 0) is 13.1 Å². The first kappa shape index (κ1) is 58.2. The average molecular weight is 1120 g/mol. The fourth-order valence-electron chi connectivity index (χ4n) is 10.9. The second kappa shape index (κ2) is 25.9. The van der Waals surface area contributed by atoms with E-state index in [0.29, 0.717) is 39.4 Å². The quantitative estimate of drug-likeness (QED) is 0.0658. The number of carbonyl (C=O) groups is 2. The number of carboxylic acid groups (broad SMARTS) is 1. The average Bonchev–Trinajstić information content (AvgIpc) is 4.50. The summed E-state index contributed by atoms with van der Waals surface area (Å²) in [6.45, 7) is 26.9. The zero-order chi connectivity index (χ0) is 56.7. The number of carbonyl (C=O) groups excluding carboxylic acids is 1. The maximum Gasteiger partial charge on any atom is 0.336 e.